The molecule has 156 valence electrons. The van der Waals surface area contributed by atoms with E-state index < -0.39 is 21.7 Å². The molecule has 1 aliphatic heterocycles. The Morgan fingerprint density at radius 1 is 1.23 bits per heavy atom. The van der Waals surface area contributed by atoms with Gasteiger partial charge in [-0.1, -0.05) is 0 Å². The zero-order chi connectivity index (χ0) is 21.6. The monoisotopic (exact) mass is 430 g/mol. The van der Waals surface area contributed by atoms with Crippen molar-refractivity contribution in [1.29, 1.82) is 0 Å². The van der Waals surface area contributed by atoms with Gasteiger partial charge in [-0.2, -0.15) is 4.68 Å². The predicted octanol–water partition coefficient (Wildman–Crippen LogP) is 2.07. The van der Waals surface area contributed by atoms with Crippen LogP contribution < -0.4 is 9.62 Å². The van der Waals surface area contributed by atoms with E-state index in [1.165, 1.54) is 33.3 Å². The van der Waals surface area contributed by atoms with Gasteiger partial charge in [0.05, 0.1) is 23.3 Å². The molecule has 1 aromatic heterocycles. The number of amides is 1. The fourth-order valence-electron chi connectivity index (χ4n) is 3.65. The first kappa shape index (κ1) is 20.0. The number of halogens is 1. The Balaban J connectivity index is 1.62. The lowest BCUT2D eigenvalue weighted by molar-refractivity contribution is 0.102. The van der Waals surface area contributed by atoms with Crippen molar-refractivity contribution in [2.24, 2.45) is 0 Å². The van der Waals surface area contributed by atoms with Crippen molar-refractivity contribution in [3.63, 3.8) is 0 Å². The van der Waals surface area contributed by atoms with Crippen molar-refractivity contribution in [2.45, 2.75) is 26.3 Å². The number of tetrazole rings is 1. The molecule has 11 heteroatoms. The summed E-state index contributed by atoms with van der Waals surface area (Å²) in [6.45, 7) is 3.51. The van der Waals surface area contributed by atoms with Gasteiger partial charge in [0, 0.05) is 11.6 Å². The summed E-state index contributed by atoms with van der Waals surface area (Å²) in [5, 5.41) is 13.7. The van der Waals surface area contributed by atoms with E-state index in [-0.39, 0.29) is 11.7 Å². The number of fused-ring (bicyclic) bond motifs is 1. The van der Waals surface area contributed by atoms with Gasteiger partial charge in [-0.25, -0.2) is 12.8 Å². The predicted molar refractivity (Wildman–Crippen MR) is 109 cm³/mol. The van der Waals surface area contributed by atoms with Crippen molar-refractivity contribution in [3.8, 4) is 5.69 Å². The van der Waals surface area contributed by atoms with E-state index in [2.05, 4.69) is 20.8 Å². The Morgan fingerprint density at radius 2 is 2.00 bits per heavy atom. The van der Waals surface area contributed by atoms with E-state index >= 15 is 0 Å². The number of anilines is 2. The summed E-state index contributed by atoms with van der Waals surface area (Å²) in [5.74, 6) is -0.592. The fourth-order valence-corrected chi connectivity index (χ4v) is 4.92. The smallest absolute Gasteiger partial charge is 0.255 e. The lowest BCUT2D eigenvalue weighted by Gasteiger charge is -2.21. The molecule has 0 spiro atoms. The molecular weight excluding hydrogens is 411 g/mol. The molecule has 0 radical (unpaired) electrons. The number of carbonyl (C=O) groups is 1. The number of hydrogen-bond acceptors (Lipinski definition) is 6. The van der Waals surface area contributed by atoms with E-state index in [0.717, 1.165) is 11.8 Å². The molecule has 2 heterocycles. The van der Waals surface area contributed by atoms with Gasteiger partial charge < -0.3 is 5.32 Å². The third kappa shape index (κ3) is 3.52. The molecule has 4 rings (SSSR count). The van der Waals surface area contributed by atoms with Crippen LogP contribution in [-0.2, 0) is 16.4 Å². The zero-order valence-electron chi connectivity index (χ0n) is 16.5. The first-order valence-corrected chi connectivity index (χ1v) is 11.0. The Hall–Kier alpha value is -3.34. The minimum absolute atomic E-state index is 0.0148. The second kappa shape index (κ2) is 7.17. The largest absolute Gasteiger partial charge is 0.319 e. The second-order valence-electron chi connectivity index (χ2n) is 7.21. The summed E-state index contributed by atoms with van der Waals surface area (Å²) in [6.07, 6.45) is 1.65. The van der Waals surface area contributed by atoms with Crippen LogP contribution in [-0.4, -0.2) is 46.8 Å². The van der Waals surface area contributed by atoms with Gasteiger partial charge in [0.2, 0.25) is 10.0 Å². The maximum absolute atomic E-state index is 14.3. The molecule has 0 fully saturated rings. The quantitative estimate of drug-likeness (QED) is 0.679. The number of aryl methyl sites for hydroxylation is 1. The lowest BCUT2D eigenvalue weighted by Crippen LogP contribution is -2.34. The molecule has 0 aliphatic carbocycles. The average molecular weight is 430 g/mol. The van der Waals surface area contributed by atoms with Gasteiger partial charge >= 0.3 is 0 Å². The first-order valence-electron chi connectivity index (χ1n) is 9.14. The lowest BCUT2D eigenvalue weighted by atomic mass is 10.1. The summed E-state index contributed by atoms with van der Waals surface area (Å²) in [4.78, 5) is 12.7. The molecule has 0 bridgehead atoms. The average Bonchev–Trinajstić information content (AvgIpc) is 3.24. The van der Waals surface area contributed by atoms with Gasteiger partial charge in [-0.15, -0.1) is 5.10 Å². The van der Waals surface area contributed by atoms with Crippen LogP contribution in [0.3, 0.4) is 0 Å². The standard InChI is InChI=1S/C19H19FN6O3S/c1-11-8-14-9-13(4-7-18(14)26(11)30(3,28)29)19(27)21-17-10-15(5-6-16(17)20)25-12(2)22-23-24-25/h4-7,9-11H,8H2,1-3H3,(H,21,27). The molecule has 0 saturated heterocycles. The molecule has 9 nitrogen and oxygen atoms in total. The topological polar surface area (TPSA) is 110 Å². The third-order valence-corrected chi connectivity index (χ3v) is 6.19. The highest BCUT2D eigenvalue weighted by Gasteiger charge is 2.32. The zero-order valence-corrected chi connectivity index (χ0v) is 17.3. The minimum Gasteiger partial charge on any atom is -0.319 e. The SMILES string of the molecule is Cc1nnnn1-c1ccc(F)c(NC(=O)c2ccc3c(c2)CC(C)N3S(C)(=O)=O)c1. The summed E-state index contributed by atoms with van der Waals surface area (Å²) < 4.78 is 41.2. The van der Waals surface area contributed by atoms with Crippen molar-refractivity contribution in [2.75, 3.05) is 15.9 Å². The molecule has 1 unspecified atom stereocenters. The highest BCUT2D eigenvalue weighted by molar-refractivity contribution is 7.92. The first-order chi connectivity index (χ1) is 14.1. The van der Waals surface area contributed by atoms with Gasteiger partial charge in [-0.05, 0) is 72.7 Å². The summed E-state index contributed by atoms with van der Waals surface area (Å²) in [6, 6.07) is 8.70. The third-order valence-electron chi connectivity index (χ3n) is 4.92. The Morgan fingerprint density at radius 3 is 2.67 bits per heavy atom. The maximum Gasteiger partial charge on any atom is 0.255 e. The van der Waals surface area contributed by atoms with Gasteiger partial charge in [0.15, 0.2) is 5.82 Å². The molecule has 3 aromatic rings. The molecule has 1 aliphatic rings. The molecule has 1 amide bonds. The normalized spacial score (nSPS) is 15.9. The van der Waals surface area contributed by atoms with E-state index in [1.807, 2.05) is 6.92 Å². The second-order valence-corrected chi connectivity index (χ2v) is 9.07. The number of rotatable bonds is 4. The Kier molecular flexibility index (Phi) is 4.77. The van der Waals surface area contributed by atoms with Crippen molar-refractivity contribution in [3.05, 3.63) is 59.2 Å². The molecule has 30 heavy (non-hydrogen) atoms. The Labute approximate surface area is 172 Å². The number of carbonyl (C=O) groups excluding carboxylic acids is 1. The van der Waals surface area contributed by atoms with Crippen LogP contribution in [0.15, 0.2) is 36.4 Å². The number of aromatic nitrogens is 4. The van der Waals surface area contributed by atoms with Crippen LogP contribution in [0, 0.1) is 12.7 Å². The molecule has 1 atom stereocenters. The van der Waals surface area contributed by atoms with E-state index in [0.29, 0.717) is 29.2 Å². The number of benzene rings is 2. The van der Waals surface area contributed by atoms with Crippen LogP contribution in [0.25, 0.3) is 5.69 Å². The molecule has 2 aromatic carbocycles. The van der Waals surface area contributed by atoms with Crippen LogP contribution in [0.2, 0.25) is 0 Å². The van der Waals surface area contributed by atoms with Gasteiger partial charge in [-0.3, -0.25) is 9.10 Å². The van der Waals surface area contributed by atoms with Crippen LogP contribution in [0.5, 0.6) is 0 Å². The highest BCUT2D eigenvalue weighted by atomic mass is 32.2. The highest BCUT2D eigenvalue weighted by Crippen LogP contribution is 2.35. The van der Waals surface area contributed by atoms with Crippen LogP contribution in [0.4, 0.5) is 15.8 Å². The van der Waals surface area contributed by atoms with Crippen molar-refractivity contribution >= 4 is 27.3 Å². The molecule has 1 N–H and O–H groups in total. The maximum atomic E-state index is 14.3. The van der Waals surface area contributed by atoms with Crippen molar-refractivity contribution in [1.82, 2.24) is 20.2 Å². The fraction of sp³-hybridized carbons (Fsp3) is 0.263. The number of sulfonamides is 1. The van der Waals surface area contributed by atoms with Gasteiger partial charge in [0.25, 0.3) is 5.91 Å². The van der Waals surface area contributed by atoms with E-state index in [4.69, 9.17) is 0 Å². The van der Waals surface area contributed by atoms with Crippen LogP contribution >= 0.6 is 0 Å². The summed E-state index contributed by atoms with van der Waals surface area (Å²) >= 11 is 0. The molecular formula is C19H19FN6O3S. The number of nitrogens with zero attached hydrogens (tertiary/aromatic N) is 5. The summed E-state index contributed by atoms with van der Waals surface area (Å²) in [5.41, 5.74) is 2.10. The van der Waals surface area contributed by atoms with E-state index in [9.17, 15) is 17.6 Å². The van der Waals surface area contributed by atoms with Crippen LogP contribution in [0.1, 0.15) is 28.7 Å². The summed E-state index contributed by atoms with van der Waals surface area (Å²) in [7, 11) is -3.42. The minimum atomic E-state index is -3.42. The van der Waals surface area contributed by atoms with Gasteiger partial charge in [0.1, 0.15) is 5.82 Å². The Bertz CT molecular complexity index is 1260. The van der Waals surface area contributed by atoms with E-state index in [1.54, 1.807) is 19.1 Å². The van der Waals surface area contributed by atoms with Crippen molar-refractivity contribution < 1.29 is 17.6 Å². The number of hydrogen-bond donors (Lipinski definition) is 1. The number of nitrogens with one attached hydrogen (secondary N) is 1. The molecule has 0 saturated carbocycles.